The molecule has 4 nitrogen and oxygen atoms in total. The molecule has 0 saturated carbocycles. The third-order valence-electron chi connectivity index (χ3n) is 2.30. The zero-order valence-electron chi connectivity index (χ0n) is 10.4. The summed E-state index contributed by atoms with van der Waals surface area (Å²) < 4.78 is 10.9. The van der Waals surface area contributed by atoms with Crippen molar-refractivity contribution >= 4 is 5.91 Å². The standard InChI is InChI=1S/C13H17NO3/c1-13(2,3)14-12(15)9-5-4-6-10-11(9)17-8-7-16-10/h4-6H,7-8H2,1-3H3,(H,14,15). The Kier molecular flexibility index (Phi) is 2.96. The van der Waals surface area contributed by atoms with E-state index in [1.54, 1.807) is 12.1 Å². The predicted molar refractivity (Wildman–Crippen MR) is 64.7 cm³/mol. The molecule has 1 N–H and O–H groups in total. The molecule has 0 unspecified atom stereocenters. The summed E-state index contributed by atoms with van der Waals surface area (Å²) in [5, 5.41) is 2.91. The Morgan fingerprint density at radius 2 is 1.94 bits per heavy atom. The average molecular weight is 235 g/mol. The average Bonchev–Trinajstić information content (AvgIpc) is 2.26. The van der Waals surface area contributed by atoms with Crippen LogP contribution in [0.4, 0.5) is 0 Å². The lowest BCUT2D eigenvalue weighted by Crippen LogP contribution is -2.40. The highest BCUT2D eigenvalue weighted by Gasteiger charge is 2.22. The first kappa shape index (κ1) is 11.8. The third kappa shape index (κ3) is 2.70. The van der Waals surface area contributed by atoms with E-state index in [4.69, 9.17) is 9.47 Å². The molecule has 4 heteroatoms. The fraction of sp³-hybridized carbons (Fsp3) is 0.462. The molecule has 0 radical (unpaired) electrons. The highest BCUT2D eigenvalue weighted by Crippen LogP contribution is 2.33. The van der Waals surface area contributed by atoms with E-state index >= 15 is 0 Å². The van der Waals surface area contributed by atoms with Gasteiger partial charge in [0.05, 0.1) is 5.56 Å². The Balaban J connectivity index is 2.29. The van der Waals surface area contributed by atoms with Gasteiger partial charge in [0.2, 0.25) is 0 Å². The molecule has 0 bridgehead atoms. The molecule has 0 fully saturated rings. The molecule has 1 amide bonds. The second kappa shape index (κ2) is 4.28. The number of fused-ring (bicyclic) bond motifs is 1. The molecule has 1 aromatic rings. The maximum absolute atomic E-state index is 12.1. The van der Waals surface area contributed by atoms with Gasteiger partial charge in [-0.05, 0) is 32.9 Å². The summed E-state index contributed by atoms with van der Waals surface area (Å²) in [6.45, 7) is 6.83. The number of carbonyl (C=O) groups is 1. The van der Waals surface area contributed by atoms with Gasteiger partial charge in [-0.2, -0.15) is 0 Å². The van der Waals surface area contributed by atoms with Crippen LogP contribution in [-0.4, -0.2) is 24.7 Å². The van der Waals surface area contributed by atoms with Crippen molar-refractivity contribution in [2.24, 2.45) is 0 Å². The smallest absolute Gasteiger partial charge is 0.255 e. The summed E-state index contributed by atoms with van der Waals surface area (Å²) >= 11 is 0. The number of hydrogen-bond acceptors (Lipinski definition) is 3. The predicted octanol–water partition coefficient (Wildman–Crippen LogP) is 1.99. The number of ether oxygens (including phenoxy) is 2. The number of para-hydroxylation sites is 1. The molecule has 1 aliphatic rings. The third-order valence-corrected chi connectivity index (χ3v) is 2.30. The summed E-state index contributed by atoms with van der Waals surface area (Å²) in [7, 11) is 0. The van der Waals surface area contributed by atoms with E-state index in [-0.39, 0.29) is 11.4 Å². The zero-order chi connectivity index (χ0) is 12.5. The molecular weight excluding hydrogens is 218 g/mol. The van der Waals surface area contributed by atoms with Crippen molar-refractivity contribution in [3.63, 3.8) is 0 Å². The maximum Gasteiger partial charge on any atom is 0.255 e. The van der Waals surface area contributed by atoms with Gasteiger partial charge in [0.25, 0.3) is 5.91 Å². The molecule has 1 aromatic carbocycles. The Morgan fingerprint density at radius 1 is 1.24 bits per heavy atom. The topological polar surface area (TPSA) is 47.6 Å². The summed E-state index contributed by atoms with van der Waals surface area (Å²) in [6.07, 6.45) is 0. The maximum atomic E-state index is 12.1. The SMILES string of the molecule is CC(C)(C)NC(=O)c1cccc2c1OCCO2. The highest BCUT2D eigenvalue weighted by molar-refractivity contribution is 5.98. The summed E-state index contributed by atoms with van der Waals surface area (Å²) in [4.78, 5) is 12.1. The van der Waals surface area contributed by atoms with Crippen LogP contribution < -0.4 is 14.8 Å². The van der Waals surface area contributed by atoms with Gasteiger partial charge in [-0.25, -0.2) is 0 Å². The van der Waals surface area contributed by atoms with Crippen LogP contribution in [0.5, 0.6) is 11.5 Å². The monoisotopic (exact) mass is 235 g/mol. The van der Waals surface area contributed by atoms with Crippen LogP contribution in [0.1, 0.15) is 31.1 Å². The number of rotatable bonds is 1. The van der Waals surface area contributed by atoms with Gasteiger partial charge in [-0.3, -0.25) is 4.79 Å². The Labute approximate surface area is 101 Å². The Bertz CT molecular complexity index is 435. The van der Waals surface area contributed by atoms with Gasteiger partial charge >= 0.3 is 0 Å². The van der Waals surface area contributed by atoms with Crippen LogP contribution in [0, 0.1) is 0 Å². The fourth-order valence-corrected chi connectivity index (χ4v) is 1.66. The minimum Gasteiger partial charge on any atom is -0.486 e. The molecule has 0 aromatic heterocycles. The molecule has 2 rings (SSSR count). The molecule has 0 spiro atoms. The molecule has 0 atom stereocenters. The van der Waals surface area contributed by atoms with E-state index in [2.05, 4.69) is 5.32 Å². The van der Waals surface area contributed by atoms with Crippen LogP contribution in [0.3, 0.4) is 0 Å². The lowest BCUT2D eigenvalue weighted by atomic mass is 10.1. The van der Waals surface area contributed by atoms with Crippen molar-refractivity contribution in [3.8, 4) is 11.5 Å². The second-order valence-corrected chi connectivity index (χ2v) is 5.03. The molecular formula is C13H17NO3. The van der Waals surface area contributed by atoms with E-state index in [1.807, 2.05) is 26.8 Å². The van der Waals surface area contributed by atoms with E-state index < -0.39 is 0 Å². The van der Waals surface area contributed by atoms with Crippen molar-refractivity contribution in [2.75, 3.05) is 13.2 Å². The second-order valence-electron chi connectivity index (χ2n) is 5.03. The number of amides is 1. The summed E-state index contributed by atoms with van der Waals surface area (Å²) in [5.41, 5.74) is 0.257. The Morgan fingerprint density at radius 3 is 2.65 bits per heavy atom. The minimum atomic E-state index is -0.269. The Hall–Kier alpha value is -1.71. The first-order chi connectivity index (χ1) is 7.97. The van der Waals surface area contributed by atoms with Gasteiger partial charge in [0.15, 0.2) is 11.5 Å². The van der Waals surface area contributed by atoms with Gasteiger partial charge < -0.3 is 14.8 Å². The van der Waals surface area contributed by atoms with E-state index in [1.165, 1.54) is 0 Å². The first-order valence-electron chi connectivity index (χ1n) is 5.68. The number of hydrogen-bond donors (Lipinski definition) is 1. The van der Waals surface area contributed by atoms with Crippen LogP contribution in [-0.2, 0) is 0 Å². The lowest BCUT2D eigenvalue weighted by molar-refractivity contribution is 0.0908. The molecule has 1 aliphatic heterocycles. The van der Waals surface area contributed by atoms with Crippen molar-refractivity contribution in [3.05, 3.63) is 23.8 Å². The number of nitrogens with one attached hydrogen (secondary N) is 1. The van der Waals surface area contributed by atoms with Gasteiger partial charge in [0.1, 0.15) is 13.2 Å². The van der Waals surface area contributed by atoms with E-state index in [0.717, 1.165) is 0 Å². The van der Waals surface area contributed by atoms with Gasteiger partial charge in [-0.1, -0.05) is 6.07 Å². The summed E-state index contributed by atoms with van der Waals surface area (Å²) in [5.74, 6) is 1.04. The van der Waals surface area contributed by atoms with E-state index in [9.17, 15) is 4.79 Å². The largest absolute Gasteiger partial charge is 0.486 e. The molecule has 0 saturated heterocycles. The molecule has 17 heavy (non-hydrogen) atoms. The highest BCUT2D eigenvalue weighted by atomic mass is 16.6. The number of carbonyl (C=O) groups excluding carboxylic acids is 1. The minimum absolute atomic E-state index is 0.139. The van der Waals surface area contributed by atoms with Crippen molar-refractivity contribution in [1.82, 2.24) is 5.32 Å². The van der Waals surface area contributed by atoms with Crippen LogP contribution >= 0.6 is 0 Å². The molecule has 0 aliphatic carbocycles. The van der Waals surface area contributed by atoms with Gasteiger partial charge in [0, 0.05) is 5.54 Å². The van der Waals surface area contributed by atoms with Crippen LogP contribution in [0.15, 0.2) is 18.2 Å². The zero-order valence-corrected chi connectivity index (χ0v) is 10.4. The molecule has 1 heterocycles. The van der Waals surface area contributed by atoms with Gasteiger partial charge in [-0.15, -0.1) is 0 Å². The fourth-order valence-electron chi connectivity index (χ4n) is 1.66. The first-order valence-corrected chi connectivity index (χ1v) is 5.68. The van der Waals surface area contributed by atoms with Crippen molar-refractivity contribution < 1.29 is 14.3 Å². The quantitative estimate of drug-likeness (QED) is 0.809. The van der Waals surface area contributed by atoms with Crippen molar-refractivity contribution in [1.29, 1.82) is 0 Å². The lowest BCUT2D eigenvalue weighted by Gasteiger charge is -2.24. The normalized spacial score (nSPS) is 14.3. The van der Waals surface area contributed by atoms with E-state index in [0.29, 0.717) is 30.3 Å². The number of benzene rings is 1. The van der Waals surface area contributed by atoms with Crippen LogP contribution in [0.2, 0.25) is 0 Å². The summed E-state index contributed by atoms with van der Waals surface area (Å²) in [6, 6.07) is 5.35. The van der Waals surface area contributed by atoms with Crippen molar-refractivity contribution in [2.45, 2.75) is 26.3 Å². The molecule has 92 valence electrons. The van der Waals surface area contributed by atoms with Crippen LogP contribution in [0.25, 0.3) is 0 Å².